The fourth-order valence-electron chi connectivity index (χ4n) is 4.39. The number of piperidine rings is 1. The maximum atomic E-state index is 4.85. The number of rotatable bonds is 5. The maximum Gasteiger partial charge on any atom is 0.0963 e. The average molecular weight is 396 g/mol. The Labute approximate surface area is 177 Å². The van der Waals surface area contributed by atoms with E-state index in [1.165, 1.54) is 12.0 Å². The van der Waals surface area contributed by atoms with Crippen LogP contribution in [0, 0.1) is 0 Å². The third kappa shape index (κ3) is 3.89. The lowest BCUT2D eigenvalue weighted by Crippen LogP contribution is -2.36. The molecule has 4 aromatic rings. The summed E-state index contributed by atoms with van der Waals surface area (Å²) in [5, 5.41) is 0. The van der Waals surface area contributed by atoms with Crippen molar-refractivity contribution in [3.63, 3.8) is 0 Å². The zero-order valence-electron chi connectivity index (χ0n) is 16.9. The highest BCUT2D eigenvalue weighted by atomic mass is 15.2. The monoisotopic (exact) mass is 395 g/mol. The van der Waals surface area contributed by atoms with Crippen LogP contribution in [-0.2, 0) is 6.54 Å². The fourth-order valence-corrected chi connectivity index (χ4v) is 4.39. The summed E-state index contributed by atoms with van der Waals surface area (Å²) in [7, 11) is 0. The van der Waals surface area contributed by atoms with E-state index in [9.17, 15) is 0 Å². The van der Waals surface area contributed by atoms with Gasteiger partial charge in [0.1, 0.15) is 0 Å². The molecule has 0 radical (unpaired) electrons. The van der Waals surface area contributed by atoms with E-state index in [4.69, 9.17) is 4.98 Å². The van der Waals surface area contributed by atoms with Crippen LogP contribution in [0.15, 0.2) is 85.7 Å². The Balaban J connectivity index is 1.49. The third-order valence-corrected chi connectivity index (χ3v) is 5.78. The first-order chi connectivity index (χ1) is 14.9. The van der Waals surface area contributed by atoms with Crippen LogP contribution in [0.2, 0.25) is 0 Å². The van der Waals surface area contributed by atoms with E-state index in [1.54, 1.807) is 0 Å². The number of aromatic nitrogens is 4. The summed E-state index contributed by atoms with van der Waals surface area (Å²) in [4.78, 5) is 16.0. The number of hydrogen-bond donors (Lipinski definition) is 0. The second kappa shape index (κ2) is 8.59. The summed E-state index contributed by atoms with van der Waals surface area (Å²) in [6, 6.07) is 19.1. The molecule has 0 unspecified atom stereocenters. The number of likely N-dealkylation sites (tertiary alicyclic amines) is 1. The SMILES string of the molecule is c1ccc(-c2ncn([C@H]3CCCN(Cc4cccnc4)C3)c2-c2cccnc2)cc1. The van der Waals surface area contributed by atoms with E-state index in [0.29, 0.717) is 6.04 Å². The van der Waals surface area contributed by atoms with Gasteiger partial charge >= 0.3 is 0 Å². The summed E-state index contributed by atoms with van der Waals surface area (Å²) in [6.07, 6.45) is 11.9. The Bertz CT molecular complexity index is 1080. The van der Waals surface area contributed by atoms with Crippen molar-refractivity contribution < 1.29 is 0 Å². The summed E-state index contributed by atoms with van der Waals surface area (Å²) in [6.45, 7) is 3.06. The van der Waals surface area contributed by atoms with Crippen molar-refractivity contribution in [1.29, 1.82) is 0 Å². The second-order valence-electron chi connectivity index (χ2n) is 7.85. The molecule has 0 N–H and O–H groups in total. The summed E-state index contributed by atoms with van der Waals surface area (Å²) in [5.41, 5.74) is 5.69. The van der Waals surface area contributed by atoms with Crippen LogP contribution < -0.4 is 0 Å². The Hall–Kier alpha value is -3.31. The Morgan fingerprint density at radius 3 is 2.43 bits per heavy atom. The molecule has 0 saturated carbocycles. The fraction of sp³-hybridized carbons (Fsp3) is 0.240. The van der Waals surface area contributed by atoms with Gasteiger partial charge in [0.05, 0.1) is 17.7 Å². The van der Waals surface area contributed by atoms with E-state index in [0.717, 1.165) is 48.6 Å². The second-order valence-corrected chi connectivity index (χ2v) is 7.85. The van der Waals surface area contributed by atoms with Gasteiger partial charge in [-0.3, -0.25) is 14.9 Å². The standard InChI is InChI=1S/C25H25N5/c1-2-8-21(9-3-1)24-25(22-10-5-13-27-16-22)30(19-28-24)23-11-6-14-29(18-23)17-20-7-4-12-26-15-20/h1-5,7-10,12-13,15-16,19,23H,6,11,14,17-18H2/t23-/m0/s1. The average Bonchev–Trinajstić information content (AvgIpc) is 3.26. The van der Waals surface area contributed by atoms with Crippen LogP contribution in [-0.4, -0.2) is 37.5 Å². The highest BCUT2D eigenvalue weighted by Gasteiger charge is 2.25. The number of hydrogen-bond acceptors (Lipinski definition) is 4. The largest absolute Gasteiger partial charge is 0.326 e. The third-order valence-electron chi connectivity index (χ3n) is 5.78. The molecule has 1 saturated heterocycles. The van der Waals surface area contributed by atoms with Gasteiger partial charge in [-0.1, -0.05) is 36.4 Å². The summed E-state index contributed by atoms with van der Waals surface area (Å²) >= 11 is 0. The van der Waals surface area contributed by atoms with Gasteiger partial charge in [-0.25, -0.2) is 4.98 Å². The lowest BCUT2D eigenvalue weighted by Gasteiger charge is -2.34. The van der Waals surface area contributed by atoms with Gasteiger partial charge < -0.3 is 4.57 Å². The molecule has 4 heterocycles. The van der Waals surface area contributed by atoms with Gasteiger partial charge in [0, 0.05) is 55.0 Å². The van der Waals surface area contributed by atoms with Crippen LogP contribution in [0.25, 0.3) is 22.5 Å². The van der Waals surface area contributed by atoms with Crippen molar-refractivity contribution in [1.82, 2.24) is 24.4 Å². The lowest BCUT2D eigenvalue weighted by atomic mass is 10.0. The zero-order chi connectivity index (χ0) is 20.2. The topological polar surface area (TPSA) is 46.8 Å². The molecule has 30 heavy (non-hydrogen) atoms. The van der Waals surface area contributed by atoms with Crippen molar-refractivity contribution in [2.45, 2.75) is 25.4 Å². The van der Waals surface area contributed by atoms with Crippen molar-refractivity contribution in [2.24, 2.45) is 0 Å². The molecule has 5 nitrogen and oxygen atoms in total. The summed E-state index contributed by atoms with van der Waals surface area (Å²) in [5.74, 6) is 0. The molecule has 1 atom stereocenters. The predicted molar refractivity (Wildman–Crippen MR) is 119 cm³/mol. The molecule has 0 amide bonds. The Morgan fingerprint density at radius 1 is 0.867 bits per heavy atom. The van der Waals surface area contributed by atoms with Crippen LogP contribution in [0.4, 0.5) is 0 Å². The first-order valence-corrected chi connectivity index (χ1v) is 10.5. The molecule has 5 heteroatoms. The number of imidazole rings is 1. The highest BCUT2D eigenvalue weighted by molar-refractivity contribution is 5.78. The molecular weight excluding hydrogens is 370 g/mol. The summed E-state index contributed by atoms with van der Waals surface area (Å²) < 4.78 is 2.37. The van der Waals surface area contributed by atoms with E-state index >= 15 is 0 Å². The quantitative estimate of drug-likeness (QED) is 0.485. The van der Waals surface area contributed by atoms with Crippen molar-refractivity contribution in [3.05, 3.63) is 91.3 Å². The minimum atomic E-state index is 0.385. The molecule has 0 spiro atoms. The van der Waals surface area contributed by atoms with Gasteiger partial charge in [0.15, 0.2) is 0 Å². The van der Waals surface area contributed by atoms with Crippen molar-refractivity contribution >= 4 is 0 Å². The zero-order valence-corrected chi connectivity index (χ0v) is 16.9. The maximum absolute atomic E-state index is 4.85. The van der Waals surface area contributed by atoms with Crippen LogP contribution in [0.1, 0.15) is 24.4 Å². The van der Waals surface area contributed by atoms with Gasteiger partial charge in [-0.2, -0.15) is 0 Å². The van der Waals surface area contributed by atoms with Crippen LogP contribution in [0.3, 0.4) is 0 Å². The van der Waals surface area contributed by atoms with E-state index in [1.807, 2.05) is 49.3 Å². The molecule has 150 valence electrons. The van der Waals surface area contributed by atoms with E-state index in [2.05, 4.69) is 55.8 Å². The van der Waals surface area contributed by atoms with Gasteiger partial charge in [-0.15, -0.1) is 0 Å². The molecule has 1 aliphatic rings. The van der Waals surface area contributed by atoms with E-state index < -0.39 is 0 Å². The molecule has 5 rings (SSSR count). The predicted octanol–water partition coefficient (Wildman–Crippen LogP) is 4.84. The molecule has 1 aliphatic heterocycles. The van der Waals surface area contributed by atoms with Crippen LogP contribution in [0.5, 0.6) is 0 Å². The minimum absolute atomic E-state index is 0.385. The first kappa shape index (κ1) is 18.7. The minimum Gasteiger partial charge on any atom is -0.326 e. The van der Waals surface area contributed by atoms with E-state index in [-0.39, 0.29) is 0 Å². The Morgan fingerprint density at radius 2 is 1.67 bits per heavy atom. The normalized spacial score (nSPS) is 17.1. The molecule has 0 aliphatic carbocycles. The first-order valence-electron chi connectivity index (χ1n) is 10.5. The molecular formula is C25H25N5. The van der Waals surface area contributed by atoms with Gasteiger partial charge in [0.25, 0.3) is 0 Å². The number of nitrogens with zero attached hydrogens (tertiary/aromatic N) is 5. The number of pyridine rings is 2. The van der Waals surface area contributed by atoms with Crippen molar-refractivity contribution in [3.8, 4) is 22.5 Å². The lowest BCUT2D eigenvalue weighted by molar-refractivity contribution is 0.171. The molecule has 3 aromatic heterocycles. The molecule has 0 bridgehead atoms. The molecule has 1 aromatic carbocycles. The molecule has 1 fully saturated rings. The van der Waals surface area contributed by atoms with Crippen molar-refractivity contribution in [2.75, 3.05) is 13.1 Å². The van der Waals surface area contributed by atoms with Gasteiger partial charge in [-0.05, 0) is 43.1 Å². The van der Waals surface area contributed by atoms with Crippen LogP contribution >= 0.6 is 0 Å². The smallest absolute Gasteiger partial charge is 0.0963 e. The van der Waals surface area contributed by atoms with Gasteiger partial charge in [0.2, 0.25) is 0 Å². The highest BCUT2D eigenvalue weighted by Crippen LogP contribution is 2.35. The Kier molecular flexibility index (Phi) is 5.36. The number of benzene rings is 1.